The van der Waals surface area contributed by atoms with Crippen molar-refractivity contribution in [2.24, 2.45) is 4.99 Å². The fourth-order valence-corrected chi connectivity index (χ4v) is 3.38. The molecule has 0 saturated carbocycles. The van der Waals surface area contributed by atoms with E-state index >= 15 is 0 Å². The Kier molecular flexibility index (Phi) is 5.67. The number of aliphatic imine (C=N–C) groups is 1. The molecule has 1 aliphatic heterocycles. The highest BCUT2D eigenvalue weighted by molar-refractivity contribution is 6.02. The van der Waals surface area contributed by atoms with Crippen molar-refractivity contribution >= 4 is 5.71 Å². The zero-order valence-electron chi connectivity index (χ0n) is 16.0. The SMILES string of the molecule is Fc1cccc(F)c1C1=NC(c2ccc(-c3cnc(OCC(F)(F)F)nc3)cc2)CC1. The fraction of sp³-hybridized carbons (Fsp3) is 0.227. The first-order valence-electron chi connectivity index (χ1n) is 9.43. The smallest absolute Gasteiger partial charge is 0.422 e. The number of halogens is 5. The highest BCUT2D eigenvalue weighted by Crippen LogP contribution is 2.33. The average Bonchev–Trinajstić information content (AvgIpc) is 3.22. The molecule has 1 atom stereocenters. The molecule has 1 aromatic heterocycles. The van der Waals surface area contributed by atoms with Crippen molar-refractivity contribution in [2.75, 3.05) is 6.61 Å². The number of alkyl halides is 3. The summed E-state index contributed by atoms with van der Waals surface area (Å²) in [5.41, 5.74) is 2.59. The standard InChI is InChI=1S/C22H16F5N3O/c23-16-2-1-3-17(24)20(16)19-9-8-18(30-19)14-6-4-13(5-7-14)15-10-28-21(29-11-15)31-12-22(25,26)27/h1-7,10-11,18H,8-9,12H2. The van der Waals surface area contributed by atoms with Gasteiger partial charge < -0.3 is 4.74 Å². The van der Waals surface area contributed by atoms with E-state index in [9.17, 15) is 22.0 Å². The summed E-state index contributed by atoms with van der Waals surface area (Å²) in [7, 11) is 0. The first-order chi connectivity index (χ1) is 14.8. The topological polar surface area (TPSA) is 47.4 Å². The molecule has 3 aromatic rings. The third kappa shape index (κ3) is 4.87. The molecule has 160 valence electrons. The Hall–Kier alpha value is -3.36. The van der Waals surface area contributed by atoms with Crippen molar-refractivity contribution in [3.8, 4) is 17.1 Å². The molecule has 0 amide bonds. The van der Waals surface area contributed by atoms with Gasteiger partial charge in [-0.15, -0.1) is 0 Å². The van der Waals surface area contributed by atoms with E-state index in [1.165, 1.54) is 30.6 Å². The molecule has 9 heteroatoms. The van der Waals surface area contributed by atoms with Crippen LogP contribution >= 0.6 is 0 Å². The summed E-state index contributed by atoms with van der Waals surface area (Å²) >= 11 is 0. The van der Waals surface area contributed by atoms with Gasteiger partial charge in [0.1, 0.15) is 11.6 Å². The van der Waals surface area contributed by atoms with Crippen molar-refractivity contribution in [1.82, 2.24) is 9.97 Å². The lowest BCUT2D eigenvalue weighted by Crippen LogP contribution is -2.20. The quantitative estimate of drug-likeness (QED) is 0.486. The molecule has 4 rings (SSSR count). The van der Waals surface area contributed by atoms with Crippen LogP contribution in [0.15, 0.2) is 59.9 Å². The predicted octanol–water partition coefficient (Wildman–Crippen LogP) is 5.69. The lowest BCUT2D eigenvalue weighted by molar-refractivity contribution is -0.154. The first kappa shape index (κ1) is 20.9. The number of nitrogens with zero attached hydrogens (tertiary/aromatic N) is 3. The third-order valence-electron chi connectivity index (χ3n) is 4.84. The van der Waals surface area contributed by atoms with Gasteiger partial charge in [-0.3, -0.25) is 4.99 Å². The van der Waals surface area contributed by atoms with Gasteiger partial charge in [-0.2, -0.15) is 13.2 Å². The molecular formula is C22H16F5N3O. The van der Waals surface area contributed by atoms with Crippen LogP contribution in [0, 0.1) is 11.6 Å². The second-order valence-corrected chi connectivity index (χ2v) is 7.01. The predicted molar refractivity (Wildman–Crippen MR) is 104 cm³/mol. The van der Waals surface area contributed by atoms with E-state index in [1.807, 2.05) is 24.3 Å². The van der Waals surface area contributed by atoms with Crippen LogP contribution < -0.4 is 4.74 Å². The van der Waals surface area contributed by atoms with Crippen molar-refractivity contribution in [2.45, 2.75) is 25.1 Å². The summed E-state index contributed by atoms with van der Waals surface area (Å²) in [5.74, 6) is -1.25. The molecule has 1 unspecified atom stereocenters. The Balaban J connectivity index is 1.47. The van der Waals surface area contributed by atoms with Gasteiger partial charge in [0.2, 0.25) is 0 Å². The molecule has 0 radical (unpaired) electrons. The van der Waals surface area contributed by atoms with Gasteiger partial charge >= 0.3 is 12.2 Å². The van der Waals surface area contributed by atoms with Crippen molar-refractivity contribution < 1.29 is 26.7 Å². The maximum Gasteiger partial charge on any atom is 0.422 e. The largest absolute Gasteiger partial charge is 0.454 e. The highest BCUT2D eigenvalue weighted by atomic mass is 19.4. The molecule has 0 spiro atoms. The van der Waals surface area contributed by atoms with E-state index in [0.29, 0.717) is 24.1 Å². The van der Waals surface area contributed by atoms with Crippen LogP contribution in [0.4, 0.5) is 22.0 Å². The first-order valence-corrected chi connectivity index (χ1v) is 9.43. The van der Waals surface area contributed by atoms with Gasteiger partial charge in [0.25, 0.3) is 0 Å². The number of aromatic nitrogens is 2. The van der Waals surface area contributed by atoms with Gasteiger partial charge in [-0.25, -0.2) is 18.7 Å². The number of benzene rings is 2. The Morgan fingerprint density at radius 3 is 2.16 bits per heavy atom. The highest BCUT2D eigenvalue weighted by Gasteiger charge is 2.29. The zero-order chi connectivity index (χ0) is 22.0. The molecular weight excluding hydrogens is 417 g/mol. The minimum Gasteiger partial charge on any atom is -0.454 e. The summed E-state index contributed by atoms with van der Waals surface area (Å²) < 4.78 is 69.1. The summed E-state index contributed by atoms with van der Waals surface area (Å²) in [6.45, 7) is -1.46. The van der Waals surface area contributed by atoms with Gasteiger partial charge in [0, 0.05) is 23.7 Å². The summed E-state index contributed by atoms with van der Waals surface area (Å²) in [6.07, 6.45) is -0.603. The van der Waals surface area contributed by atoms with E-state index < -0.39 is 24.4 Å². The van der Waals surface area contributed by atoms with E-state index in [0.717, 1.165) is 11.1 Å². The Labute approximate surface area is 174 Å². The molecule has 2 heterocycles. The summed E-state index contributed by atoms with van der Waals surface area (Å²) in [6, 6.07) is 10.5. The van der Waals surface area contributed by atoms with Crippen molar-refractivity contribution in [3.05, 3.63) is 77.6 Å². The summed E-state index contributed by atoms with van der Waals surface area (Å²) in [5, 5.41) is 0. The van der Waals surface area contributed by atoms with Crippen LogP contribution in [0.3, 0.4) is 0 Å². The van der Waals surface area contributed by atoms with Gasteiger partial charge in [0.15, 0.2) is 6.61 Å². The Bertz CT molecular complexity index is 1080. The van der Waals surface area contributed by atoms with Gasteiger partial charge in [-0.05, 0) is 36.1 Å². The average molecular weight is 433 g/mol. The monoisotopic (exact) mass is 433 g/mol. The van der Waals surface area contributed by atoms with Crippen LogP contribution in [0.5, 0.6) is 6.01 Å². The maximum atomic E-state index is 14.0. The lowest BCUT2D eigenvalue weighted by Gasteiger charge is -2.09. The second-order valence-electron chi connectivity index (χ2n) is 7.01. The lowest BCUT2D eigenvalue weighted by atomic mass is 10.0. The van der Waals surface area contributed by atoms with Gasteiger partial charge in [0.05, 0.1) is 11.6 Å². The van der Waals surface area contributed by atoms with E-state index in [1.54, 1.807) is 0 Å². The van der Waals surface area contributed by atoms with Crippen LogP contribution in [0.1, 0.15) is 30.0 Å². The van der Waals surface area contributed by atoms with Crippen LogP contribution in [-0.2, 0) is 0 Å². The minimum atomic E-state index is -4.46. The molecule has 0 aliphatic carbocycles. The van der Waals surface area contributed by atoms with Gasteiger partial charge in [-0.1, -0.05) is 30.3 Å². The molecule has 0 bridgehead atoms. The van der Waals surface area contributed by atoms with Crippen molar-refractivity contribution in [1.29, 1.82) is 0 Å². The van der Waals surface area contributed by atoms with E-state index in [4.69, 9.17) is 0 Å². The third-order valence-corrected chi connectivity index (χ3v) is 4.84. The molecule has 31 heavy (non-hydrogen) atoms. The summed E-state index contributed by atoms with van der Waals surface area (Å²) in [4.78, 5) is 12.1. The fourth-order valence-electron chi connectivity index (χ4n) is 3.38. The zero-order valence-corrected chi connectivity index (χ0v) is 16.0. The molecule has 2 aromatic carbocycles. The molecule has 0 fully saturated rings. The van der Waals surface area contributed by atoms with Crippen LogP contribution in [0.2, 0.25) is 0 Å². The van der Waals surface area contributed by atoms with Crippen LogP contribution in [0.25, 0.3) is 11.1 Å². The normalized spacial score (nSPS) is 16.3. The number of rotatable bonds is 5. The Morgan fingerprint density at radius 2 is 1.55 bits per heavy atom. The van der Waals surface area contributed by atoms with Crippen LogP contribution in [-0.4, -0.2) is 28.5 Å². The molecule has 0 saturated heterocycles. The van der Waals surface area contributed by atoms with E-state index in [-0.39, 0.29) is 17.6 Å². The van der Waals surface area contributed by atoms with Crippen molar-refractivity contribution in [3.63, 3.8) is 0 Å². The number of hydrogen-bond acceptors (Lipinski definition) is 4. The number of ether oxygens (including phenoxy) is 1. The number of hydrogen-bond donors (Lipinski definition) is 0. The second kappa shape index (κ2) is 8.41. The maximum absolute atomic E-state index is 14.0. The Morgan fingerprint density at radius 1 is 0.903 bits per heavy atom. The molecule has 1 aliphatic rings. The molecule has 4 nitrogen and oxygen atoms in total. The minimum absolute atomic E-state index is 0.0772. The molecule has 0 N–H and O–H groups in total. The van der Waals surface area contributed by atoms with E-state index in [2.05, 4.69) is 19.7 Å².